The van der Waals surface area contributed by atoms with E-state index in [0.29, 0.717) is 12.3 Å². The van der Waals surface area contributed by atoms with E-state index in [-0.39, 0.29) is 5.56 Å². The molecule has 0 spiro atoms. The fraction of sp³-hybridized carbons (Fsp3) is 0.143. The smallest absolute Gasteiger partial charge is 0.259 e. The van der Waals surface area contributed by atoms with Gasteiger partial charge in [-0.05, 0) is 19.1 Å². The first-order valence-electron chi connectivity index (χ1n) is 5.63. The van der Waals surface area contributed by atoms with Crippen LogP contribution in [0.3, 0.4) is 0 Å². The van der Waals surface area contributed by atoms with Crippen molar-refractivity contribution in [1.29, 1.82) is 0 Å². The number of fused-ring (bicyclic) bond motifs is 3. The highest BCUT2D eigenvalue weighted by Crippen LogP contribution is 2.15. The minimum absolute atomic E-state index is 0.0792. The molecule has 0 bridgehead atoms. The van der Waals surface area contributed by atoms with E-state index in [1.807, 2.05) is 35.8 Å². The Kier molecular flexibility index (Phi) is 2.20. The summed E-state index contributed by atoms with van der Waals surface area (Å²) in [5.74, 6) is 3.18. The number of aromatic nitrogens is 3. The lowest BCUT2D eigenvalue weighted by atomic mass is 10.3. The molecule has 4 heteroatoms. The molecule has 2 aromatic heterocycles. The van der Waals surface area contributed by atoms with Crippen LogP contribution in [-0.4, -0.2) is 14.0 Å². The van der Waals surface area contributed by atoms with Gasteiger partial charge in [0, 0.05) is 11.8 Å². The summed E-state index contributed by atoms with van der Waals surface area (Å²) >= 11 is 0. The average molecular weight is 237 g/mol. The summed E-state index contributed by atoms with van der Waals surface area (Å²) in [5.41, 5.74) is 2.35. The number of para-hydroxylation sites is 2. The second kappa shape index (κ2) is 3.74. The van der Waals surface area contributed by atoms with Crippen LogP contribution in [0.2, 0.25) is 0 Å². The number of hydrogen-bond donors (Lipinski definition) is 0. The van der Waals surface area contributed by atoms with Gasteiger partial charge in [-0.3, -0.25) is 4.79 Å². The molecule has 88 valence electrons. The predicted octanol–water partition coefficient (Wildman–Crippen LogP) is 1.59. The zero-order valence-electron chi connectivity index (χ0n) is 9.92. The molecule has 0 atom stereocenters. The van der Waals surface area contributed by atoms with Crippen LogP contribution >= 0.6 is 0 Å². The molecule has 0 radical (unpaired) electrons. The van der Waals surface area contributed by atoms with E-state index in [1.165, 1.54) is 0 Å². The molecule has 18 heavy (non-hydrogen) atoms. The van der Waals surface area contributed by atoms with Crippen molar-refractivity contribution in [3.8, 4) is 12.3 Å². The van der Waals surface area contributed by atoms with Gasteiger partial charge in [0.2, 0.25) is 5.78 Å². The maximum Gasteiger partial charge on any atom is 0.259 e. The molecule has 0 aliphatic rings. The molecular weight excluding hydrogens is 226 g/mol. The molecule has 4 nitrogen and oxygen atoms in total. The fourth-order valence-electron chi connectivity index (χ4n) is 2.18. The Balaban J connectivity index is 2.58. The fourth-order valence-corrected chi connectivity index (χ4v) is 2.18. The van der Waals surface area contributed by atoms with E-state index in [1.54, 1.807) is 10.5 Å². The first-order valence-corrected chi connectivity index (χ1v) is 5.63. The molecule has 3 rings (SSSR count). The first-order chi connectivity index (χ1) is 8.72. The number of aryl methyl sites for hydroxylation is 1. The third kappa shape index (κ3) is 1.34. The normalized spacial score (nSPS) is 10.9. The van der Waals surface area contributed by atoms with Crippen LogP contribution in [0.5, 0.6) is 0 Å². The van der Waals surface area contributed by atoms with Crippen molar-refractivity contribution >= 4 is 16.8 Å². The van der Waals surface area contributed by atoms with E-state index >= 15 is 0 Å². The average Bonchev–Trinajstić information content (AvgIpc) is 2.73. The lowest BCUT2D eigenvalue weighted by Gasteiger charge is -2.08. The van der Waals surface area contributed by atoms with Crippen LogP contribution in [-0.2, 0) is 6.54 Å². The Morgan fingerprint density at radius 2 is 2.17 bits per heavy atom. The number of nitrogens with zero attached hydrogens (tertiary/aromatic N) is 3. The third-order valence-corrected chi connectivity index (χ3v) is 3.01. The van der Waals surface area contributed by atoms with Gasteiger partial charge >= 0.3 is 0 Å². The van der Waals surface area contributed by atoms with Crippen molar-refractivity contribution in [2.24, 2.45) is 0 Å². The molecule has 1 aromatic carbocycles. The predicted molar refractivity (Wildman–Crippen MR) is 70.5 cm³/mol. The standard InChI is InChI=1S/C14H11N3O/c1-3-8-16-10(2)9-13(18)17-12-7-5-4-6-11(12)15-14(16)17/h1,4-7,9H,8H2,2H3. The van der Waals surface area contributed by atoms with Crippen LogP contribution in [0.4, 0.5) is 0 Å². The zero-order chi connectivity index (χ0) is 12.7. The second-order valence-electron chi connectivity index (χ2n) is 4.15. The maximum atomic E-state index is 12.1. The van der Waals surface area contributed by atoms with E-state index in [4.69, 9.17) is 6.42 Å². The SMILES string of the molecule is C#CCn1c(C)cc(=O)n2c3ccccc3nc12. The van der Waals surface area contributed by atoms with Gasteiger partial charge in [-0.15, -0.1) is 6.42 Å². The summed E-state index contributed by atoms with van der Waals surface area (Å²) in [6, 6.07) is 9.14. The van der Waals surface area contributed by atoms with Crippen molar-refractivity contribution in [3.05, 3.63) is 46.4 Å². The summed E-state index contributed by atoms with van der Waals surface area (Å²) in [7, 11) is 0. The lowest BCUT2D eigenvalue weighted by molar-refractivity contribution is 0.783. The molecule has 0 N–H and O–H groups in total. The van der Waals surface area contributed by atoms with Gasteiger partial charge < -0.3 is 4.57 Å². The lowest BCUT2D eigenvalue weighted by Crippen LogP contribution is -2.18. The summed E-state index contributed by atoms with van der Waals surface area (Å²) in [5, 5.41) is 0. The Hall–Kier alpha value is -2.54. The second-order valence-corrected chi connectivity index (χ2v) is 4.15. The van der Waals surface area contributed by atoms with Crippen molar-refractivity contribution in [2.75, 3.05) is 0 Å². The van der Waals surface area contributed by atoms with Crippen molar-refractivity contribution in [1.82, 2.24) is 14.0 Å². The van der Waals surface area contributed by atoms with Gasteiger partial charge in [-0.1, -0.05) is 18.1 Å². The van der Waals surface area contributed by atoms with Gasteiger partial charge in [-0.2, -0.15) is 0 Å². The van der Waals surface area contributed by atoms with E-state index in [2.05, 4.69) is 10.9 Å². The number of imidazole rings is 1. The summed E-state index contributed by atoms with van der Waals surface area (Å²) in [4.78, 5) is 16.6. The number of terminal acetylenes is 1. The van der Waals surface area contributed by atoms with Crippen LogP contribution in [0, 0.1) is 19.3 Å². The molecular formula is C14H11N3O. The summed E-state index contributed by atoms with van der Waals surface area (Å²) in [6.45, 7) is 2.26. The van der Waals surface area contributed by atoms with Crippen molar-refractivity contribution in [2.45, 2.75) is 13.5 Å². The Bertz CT molecular complexity index is 849. The highest BCUT2D eigenvalue weighted by Gasteiger charge is 2.11. The molecule has 0 amide bonds. The molecule has 0 saturated carbocycles. The molecule has 0 fully saturated rings. The first kappa shape index (κ1) is 10.6. The minimum atomic E-state index is -0.0792. The van der Waals surface area contributed by atoms with Crippen molar-refractivity contribution < 1.29 is 0 Å². The van der Waals surface area contributed by atoms with Gasteiger partial charge in [0.1, 0.15) is 0 Å². The van der Waals surface area contributed by atoms with E-state index in [0.717, 1.165) is 16.7 Å². The molecule has 0 aliphatic heterocycles. The van der Waals surface area contributed by atoms with Crippen LogP contribution < -0.4 is 5.56 Å². The zero-order valence-corrected chi connectivity index (χ0v) is 9.92. The van der Waals surface area contributed by atoms with Gasteiger partial charge in [0.15, 0.2) is 0 Å². The Labute approximate surface area is 104 Å². The van der Waals surface area contributed by atoms with Crippen LogP contribution in [0.25, 0.3) is 16.8 Å². The van der Waals surface area contributed by atoms with Gasteiger partial charge in [0.05, 0.1) is 17.6 Å². The van der Waals surface area contributed by atoms with Gasteiger partial charge in [0.25, 0.3) is 5.56 Å². The minimum Gasteiger partial charge on any atom is -0.304 e. The Morgan fingerprint density at radius 3 is 2.94 bits per heavy atom. The number of rotatable bonds is 1. The maximum absolute atomic E-state index is 12.1. The quantitative estimate of drug-likeness (QED) is 0.603. The largest absolute Gasteiger partial charge is 0.304 e. The molecule has 0 aliphatic carbocycles. The number of benzene rings is 1. The molecule has 3 aromatic rings. The van der Waals surface area contributed by atoms with Gasteiger partial charge in [-0.25, -0.2) is 9.38 Å². The van der Waals surface area contributed by atoms with Crippen molar-refractivity contribution in [3.63, 3.8) is 0 Å². The molecule has 0 unspecified atom stereocenters. The molecule has 0 saturated heterocycles. The third-order valence-electron chi connectivity index (χ3n) is 3.01. The van der Waals surface area contributed by atoms with Crippen LogP contribution in [0.15, 0.2) is 35.1 Å². The Morgan fingerprint density at radius 1 is 1.39 bits per heavy atom. The highest BCUT2D eigenvalue weighted by atomic mass is 16.1. The monoisotopic (exact) mass is 237 g/mol. The van der Waals surface area contributed by atoms with E-state index < -0.39 is 0 Å². The van der Waals surface area contributed by atoms with Crippen LogP contribution in [0.1, 0.15) is 5.69 Å². The number of hydrogen-bond acceptors (Lipinski definition) is 2. The van der Waals surface area contributed by atoms with E-state index in [9.17, 15) is 4.79 Å². The molecule has 2 heterocycles. The summed E-state index contributed by atoms with van der Waals surface area (Å²) < 4.78 is 3.46. The summed E-state index contributed by atoms with van der Waals surface area (Å²) in [6.07, 6.45) is 5.37. The highest BCUT2D eigenvalue weighted by molar-refractivity contribution is 5.79. The topological polar surface area (TPSA) is 39.3 Å².